The minimum atomic E-state index is -0.392. The first-order valence-electron chi connectivity index (χ1n) is 7.49. The van der Waals surface area contributed by atoms with Crippen molar-refractivity contribution in [3.8, 4) is 0 Å². The van der Waals surface area contributed by atoms with Crippen molar-refractivity contribution < 1.29 is 0 Å². The molecule has 0 atom stereocenters. The highest BCUT2D eigenvalue weighted by Crippen LogP contribution is 2.44. The van der Waals surface area contributed by atoms with Crippen LogP contribution in [0.25, 0.3) is 0 Å². The van der Waals surface area contributed by atoms with Crippen LogP contribution in [0, 0.1) is 17.3 Å². The van der Waals surface area contributed by atoms with Crippen LogP contribution in [0.3, 0.4) is 0 Å². The zero-order valence-electron chi connectivity index (χ0n) is 11.7. The molecule has 2 heteroatoms. The highest BCUT2D eigenvalue weighted by atomic mass is 15.0. The fraction of sp³-hybridized carbons (Fsp3) is 1.00. The van der Waals surface area contributed by atoms with E-state index in [1.165, 1.54) is 57.8 Å². The molecule has 0 aromatic rings. The van der Waals surface area contributed by atoms with Gasteiger partial charge in [-0.25, -0.2) is 0 Å². The third-order valence-electron chi connectivity index (χ3n) is 5.36. The van der Waals surface area contributed by atoms with Crippen molar-refractivity contribution in [3.63, 3.8) is 0 Å². The SMILES string of the molecule is CC1(C)CCC(C(N)(N)C2CCCCC2)CC1. The lowest BCUT2D eigenvalue weighted by Crippen LogP contribution is -2.62. The molecular formula is C15H30N2. The molecule has 0 heterocycles. The zero-order valence-corrected chi connectivity index (χ0v) is 11.7. The Kier molecular flexibility index (Phi) is 3.84. The van der Waals surface area contributed by atoms with Gasteiger partial charge in [-0.2, -0.15) is 0 Å². The van der Waals surface area contributed by atoms with E-state index < -0.39 is 5.66 Å². The van der Waals surface area contributed by atoms with Gasteiger partial charge >= 0.3 is 0 Å². The highest BCUT2D eigenvalue weighted by molar-refractivity contribution is 4.96. The molecule has 4 N–H and O–H groups in total. The van der Waals surface area contributed by atoms with Gasteiger partial charge in [-0.05, 0) is 55.8 Å². The number of hydrogen-bond acceptors (Lipinski definition) is 2. The molecule has 0 spiro atoms. The van der Waals surface area contributed by atoms with Gasteiger partial charge < -0.3 is 11.5 Å². The van der Waals surface area contributed by atoms with Crippen LogP contribution in [0.5, 0.6) is 0 Å². The maximum absolute atomic E-state index is 6.53. The predicted octanol–water partition coefficient (Wildman–Crippen LogP) is 3.40. The Labute approximate surface area is 107 Å². The van der Waals surface area contributed by atoms with E-state index in [1.54, 1.807) is 0 Å². The van der Waals surface area contributed by atoms with Gasteiger partial charge in [0.1, 0.15) is 0 Å². The second-order valence-electron chi connectivity index (χ2n) is 7.27. The van der Waals surface area contributed by atoms with Crippen LogP contribution in [0.15, 0.2) is 0 Å². The Hall–Kier alpha value is -0.0800. The lowest BCUT2D eigenvalue weighted by atomic mass is 9.65. The standard InChI is InChI=1S/C15H30N2/c1-14(2)10-8-13(9-11-14)15(16,17)12-6-4-3-5-7-12/h12-13H,3-11,16-17H2,1-2H3. The zero-order chi connectivity index (χ0) is 12.5. The lowest BCUT2D eigenvalue weighted by molar-refractivity contribution is 0.0759. The maximum atomic E-state index is 6.53. The molecule has 0 unspecified atom stereocenters. The second-order valence-corrected chi connectivity index (χ2v) is 7.27. The van der Waals surface area contributed by atoms with Crippen LogP contribution < -0.4 is 11.5 Å². The van der Waals surface area contributed by atoms with Crippen LogP contribution in [0.1, 0.15) is 71.6 Å². The molecule has 0 aromatic carbocycles. The van der Waals surface area contributed by atoms with Gasteiger partial charge in [0.2, 0.25) is 0 Å². The summed E-state index contributed by atoms with van der Waals surface area (Å²) in [6.07, 6.45) is 11.6. The van der Waals surface area contributed by atoms with Crippen molar-refractivity contribution in [3.05, 3.63) is 0 Å². The largest absolute Gasteiger partial charge is 0.313 e. The van der Waals surface area contributed by atoms with Gasteiger partial charge in [0, 0.05) is 0 Å². The first-order valence-corrected chi connectivity index (χ1v) is 7.49. The molecule has 2 fully saturated rings. The fourth-order valence-corrected chi connectivity index (χ4v) is 3.84. The van der Waals surface area contributed by atoms with E-state index in [0.29, 0.717) is 17.3 Å². The molecule has 0 amide bonds. The number of nitrogens with two attached hydrogens (primary N) is 2. The van der Waals surface area contributed by atoms with E-state index in [9.17, 15) is 0 Å². The van der Waals surface area contributed by atoms with Crippen LogP contribution >= 0.6 is 0 Å². The van der Waals surface area contributed by atoms with Gasteiger partial charge in [0.15, 0.2) is 0 Å². The van der Waals surface area contributed by atoms with E-state index in [2.05, 4.69) is 13.8 Å². The summed E-state index contributed by atoms with van der Waals surface area (Å²) in [7, 11) is 0. The van der Waals surface area contributed by atoms with Gasteiger partial charge in [0.05, 0.1) is 5.66 Å². The van der Waals surface area contributed by atoms with E-state index in [0.717, 1.165) is 0 Å². The molecule has 2 aliphatic carbocycles. The smallest absolute Gasteiger partial charge is 0.0694 e. The number of rotatable bonds is 2. The van der Waals surface area contributed by atoms with Crippen LogP contribution in [0.4, 0.5) is 0 Å². The Morgan fingerprint density at radius 2 is 1.29 bits per heavy atom. The Bertz CT molecular complexity index is 242. The Morgan fingerprint density at radius 1 is 0.824 bits per heavy atom. The molecule has 2 saturated carbocycles. The molecule has 17 heavy (non-hydrogen) atoms. The van der Waals surface area contributed by atoms with Crippen LogP contribution in [0.2, 0.25) is 0 Å². The van der Waals surface area contributed by atoms with E-state index in [-0.39, 0.29) is 0 Å². The van der Waals surface area contributed by atoms with Gasteiger partial charge in [0.25, 0.3) is 0 Å². The molecule has 0 saturated heterocycles. The number of hydrogen-bond donors (Lipinski definition) is 2. The minimum absolute atomic E-state index is 0.392. The predicted molar refractivity (Wildman–Crippen MR) is 73.4 cm³/mol. The average Bonchev–Trinajstić information content (AvgIpc) is 2.29. The molecule has 0 aliphatic heterocycles. The third kappa shape index (κ3) is 3.03. The van der Waals surface area contributed by atoms with Gasteiger partial charge in [-0.15, -0.1) is 0 Å². The van der Waals surface area contributed by atoms with Gasteiger partial charge in [-0.3, -0.25) is 0 Å². The fourth-order valence-electron chi connectivity index (χ4n) is 3.84. The average molecular weight is 238 g/mol. The summed E-state index contributed by atoms with van der Waals surface area (Å²) >= 11 is 0. The summed E-state index contributed by atoms with van der Waals surface area (Å²) in [4.78, 5) is 0. The molecule has 0 radical (unpaired) electrons. The topological polar surface area (TPSA) is 52.0 Å². The molecule has 100 valence electrons. The van der Waals surface area contributed by atoms with Crippen molar-refractivity contribution in [2.45, 2.75) is 77.3 Å². The first-order chi connectivity index (χ1) is 7.92. The Morgan fingerprint density at radius 3 is 1.82 bits per heavy atom. The quantitative estimate of drug-likeness (QED) is 0.724. The van der Waals surface area contributed by atoms with Crippen molar-refractivity contribution in [2.75, 3.05) is 0 Å². The summed E-state index contributed by atoms with van der Waals surface area (Å²) < 4.78 is 0. The Balaban J connectivity index is 1.95. The molecule has 0 bridgehead atoms. The second kappa shape index (κ2) is 4.89. The summed E-state index contributed by atoms with van der Waals surface area (Å²) in [6.45, 7) is 4.75. The van der Waals surface area contributed by atoms with Gasteiger partial charge in [-0.1, -0.05) is 33.1 Å². The third-order valence-corrected chi connectivity index (χ3v) is 5.36. The van der Waals surface area contributed by atoms with Crippen LogP contribution in [-0.4, -0.2) is 5.66 Å². The normalized spacial score (nSPS) is 28.2. The first kappa shape index (κ1) is 13.4. The maximum Gasteiger partial charge on any atom is 0.0694 e. The molecule has 2 aliphatic rings. The summed E-state index contributed by atoms with van der Waals surface area (Å²) in [5.41, 5.74) is 13.2. The molecule has 0 aromatic heterocycles. The summed E-state index contributed by atoms with van der Waals surface area (Å²) in [5, 5.41) is 0. The van der Waals surface area contributed by atoms with Crippen molar-refractivity contribution in [2.24, 2.45) is 28.7 Å². The molecular weight excluding hydrogens is 208 g/mol. The molecule has 2 nitrogen and oxygen atoms in total. The van der Waals surface area contributed by atoms with Crippen LogP contribution in [-0.2, 0) is 0 Å². The lowest BCUT2D eigenvalue weighted by Gasteiger charge is -2.46. The monoisotopic (exact) mass is 238 g/mol. The van der Waals surface area contributed by atoms with Crippen molar-refractivity contribution in [1.82, 2.24) is 0 Å². The summed E-state index contributed by atoms with van der Waals surface area (Å²) in [6, 6.07) is 0. The summed E-state index contributed by atoms with van der Waals surface area (Å²) in [5.74, 6) is 1.13. The van der Waals surface area contributed by atoms with E-state index >= 15 is 0 Å². The minimum Gasteiger partial charge on any atom is -0.313 e. The van der Waals surface area contributed by atoms with Crippen molar-refractivity contribution in [1.29, 1.82) is 0 Å². The van der Waals surface area contributed by atoms with E-state index in [1.807, 2.05) is 0 Å². The van der Waals surface area contributed by atoms with Crippen molar-refractivity contribution >= 4 is 0 Å². The molecule has 2 rings (SSSR count). The highest BCUT2D eigenvalue weighted by Gasteiger charge is 2.41. The van der Waals surface area contributed by atoms with E-state index in [4.69, 9.17) is 11.5 Å².